The number of nitrogens with zero attached hydrogens (tertiary/aromatic N) is 5. The van der Waals surface area contributed by atoms with Crippen LogP contribution < -0.4 is 5.32 Å². The molecule has 2 aromatic rings. The monoisotopic (exact) mass is 308 g/mol. The van der Waals surface area contributed by atoms with Crippen molar-refractivity contribution in [3.63, 3.8) is 0 Å². The van der Waals surface area contributed by atoms with Gasteiger partial charge in [0.15, 0.2) is 0 Å². The summed E-state index contributed by atoms with van der Waals surface area (Å²) < 4.78 is 7.59. The lowest BCUT2D eigenvalue weighted by Gasteiger charge is -2.35. The molecular weight excluding hydrogens is 292 g/mol. The molecule has 0 aromatic carbocycles. The van der Waals surface area contributed by atoms with Crippen LogP contribution in [0, 0.1) is 0 Å². The second-order valence-electron chi connectivity index (χ2n) is 5.56. The van der Waals surface area contributed by atoms with Crippen molar-refractivity contribution in [2.24, 2.45) is 0 Å². The molecule has 0 radical (unpaired) electrons. The van der Waals surface area contributed by atoms with E-state index < -0.39 is 0 Å². The van der Waals surface area contributed by atoms with Crippen molar-refractivity contribution in [3.05, 3.63) is 17.5 Å². The summed E-state index contributed by atoms with van der Waals surface area (Å²) in [6.45, 7) is 3.73. The van der Waals surface area contributed by atoms with Gasteiger partial charge < -0.3 is 10.1 Å². The molecule has 2 aliphatic heterocycles. The third-order valence-electron chi connectivity index (χ3n) is 4.19. The van der Waals surface area contributed by atoms with E-state index in [4.69, 9.17) is 16.3 Å². The Balaban J connectivity index is 1.45. The van der Waals surface area contributed by atoms with Gasteiger partial charge in [-0.3, -0.25) is 4.90 Å². The molecule has 4 heterocycles. The Morgan fingerprint density at radius 1 is 1.48 bits per heavy atom. The molecule has 4 rings (SSSR count). The Bertz CT molecular complexity index is 647. The first-order chi connectivity index (χ1) is 10.3. The van der Waals surface area contributed by atoms with Crippen LogP contribution in [0.4, 0.5) is 5.82 Å². The van der Waals surface area contributed by atoms with E-state index in [0.717, 1.165) is 25.5 Å². The molecule has 2 saturated heterocycles. The maximum atomic E-state index is 6.00. The minimum absolute atomic E-state index is 0.185. The molecule has 7 nitrogen and oxygen atoms in total. The highest BCUT2D eigenvalue weighted by Crippen LogP contribution is 2.23. The zero-order chi connectivity index (χ0) is 14.2. The first-order valence-corrected chi connectivity index (χ1v) is 7.63. The SMILES string of the molecule is Clc1cc(NCC2CN3CCCC3CO2)n2ncnc2n1. The summed E-state index contributed by atoms with van der Waals surface area (Å²) in [5.74, 6) is 1.28. The van der Waals surface area contributed by atoms with Crippen LogP contribution in [0.2, 0.25) is 5.15 Å². The Morgan fingerprint density at radius 3 is 3.38 bits per heavy atom. The van der Waals surface area contributed by atoms with Gasteiger partial charge in [0.25, 0.3) is 5.78 Å². The van der Waals surface area contributed by atoms with Crippen molar-refractivity contribution < 1.29 is 4.74 Å². The van der Waals surface area contributed by atoms with Crippen molar-refractivity contribution in [2.75, 3.05) is 31.6 Å². The number of hydrogen-bond acceptors (Lipinski definition) is 6. The third kappa shape index (κ3) is 2.56. The summed E-state index contributed by atoms with van der Waals surface area (Å²) >= 11 is 6.00. The summed E-state index contributed by atoms with van der Waals surface area (Å²) in [4.78, 5) is 10.7. The summed E-state index contributed by atoms with van der Waals surface area (Å²) in [6, 6.07) is 2.38. The van der Waals surface area contributed by atoms with E-state index >= 15 is 0 Å². The van der Waals surface area contributed by atoms with Crippen LogP contribution in [0.5, 0.6) is 0 Å². The number of anilines is 1. The maximum absolute atomic E-state index is 6.00. The molecule has 21 heavy (non-hydrogen) atoms. The summed E-state index contributed by atoms with van der Waals surface area (Å²) in [5, 5.41) is 7.90. The van der Waals surface area contributed by atoms with Gasteiger partial charge >= 0.3 is 0 Å². The minimum Gasteiger partial charge on any atom is -0.373 e. The molecule has 0 aliphatic carbocycles. The highest BCUT2D eigenvalue weighted by atomic mass is 35.5. The van der Waals surface area contributed by atoms with Gasteiger partial charge in [-0.05, 0) is 19.4 Å². The molecule has 8 heteroatoms. The molecule has 1 N–H and O–H groups in total. The highest BCUT2D eigenvalue weighted by Gasteiger charge is 2.32. The lowest BCUT2D eigenvalue weighted by molar-refractivity contribution is -0.0416. The summed E-state index contributed by atoms with van der Waals surface area (Å²) in [6.07, 6.45) is 4.20. The number of ether oxygens (including phenoxy) is 1. The number of rotatable bonds is 3. The maximum Gasteiger partial charge on any atom is 0.255 e. The Hall–Kier alpha value is -1.44. The van der Waals surface area contributed by atoms with Gasteiger partial charge in [0.2, 0.25) is 0 Å². The lowest BCUT2D eigenvalue weighted by Crippen LogP contribution is -2.48. The molecule has 2 aliphatic rings. The fourth-order valence-corrected chi connectivity index (χ4v) is 3.32. The third-order valence-corrected chi connectivity index (χ3v) is 4.39. The normalized spacial score (nSPS) is 26.1. The minimum atomic E-state index is 0.185. The molecule has 0 amide bonds. The zero-order valence-corrected chi connectivity index (χ0v) is 12.3. The van der Waals surface area contributed by atoms with Crippen molar-refractivity contribution in [2.45, 2.75) is 25.0 Å². The molecule has 0 spiro atoms. The van der Waals surface area contributed by atoms with Crippen molar-refractivity contribution >= 4 is 23.2 Å². The van der Waals surface area contributed by atoms with Gasteiger partial charge in [-0.25, -0.2) is 0 Å². The van der Waals surface area contributed by atoms with Crippen molar-refractivity contribution in [1.29, 1.82) is 0 Å². The van der Waals surface area contributed by atoms with Gasteiger partial charge in [-0.1, -0.05) is 11.6 Å². The van der Waals surface area contributed by atoms with Crippen molar-refractivity contribution in [3.8, 4) is 0 Å². The van der Waals surface area contributed by atoms with Crippen LogP contribution in [0.25, 0.3) is 5.78 Å². The second-order valence-corrected chi connectivity index (χ2v) is 5.95. The van der Waals surface area contributed by atoms with Crippen LogP contribution in [-0.2, 0) is 4.74 Å². The molecule has 2 aromatic heterocycles. The number of halogens is 1. The van der Waals surface area contributed by atoms with Crippen LogP contribution in [0.3, 0.4) is 0 Å². The topological polar surface area (TPSA) is 67.6 Å². The molecule has 2 atom stereocenters. The smallest absolute Gasteiger partial charge is 0.255 e. The average Bonchev–Trinajstić information content (AvgIpc) is 3.12. The molecule has 112 valence electrons. The summed E-state index contributed by atoms with van der Waals surface area (Å²) in [7, 11) is 0. The Kier molecular flexibility index (Phi) is 3.40. The molecule has 0 bridgehead atoms. The van der Waals surface area contributed by atoms with Crippen LogP contribution in [0.1, 0.15) is 12.8 Å². The fourth-order valence-electron chi connectivity index (χ4n) is 3.14. The molecular formula is C13H17ClN6O. The number of hydrogen-bond donors (Lipinski definition) is 1. The van der Waals surface area contributed by atoms with E-state index in [2.05, 4.69) is 25.3 Å². The van der Waals surface area contributed by atoms with E-state index in [0.29, 0.717) is 17.0 Å². The zero-order valence-electron chi connectivity index (χ0n) is 11.6. The van der Waals surface area contributed by atoms with Gasteiger partial charge in [0.1, 0.15) is 17.3 Å². The lowest BCUT2D eigenvalue weighted by atomic mass is 10.2. The summed E-state index contributed by atoms with van der Waals surface area (Å²) in [5.41, 5.74) is 0. The standard InChI is InChI=1S/C13H17ClN6O/c14-11-4-12(20-13(18-11)16-8-17-20)15-5-10-6-19-3-1-2-9(19)7-21-10/h4,8-10,15H,1-3,5-7H2. The van der Waals surface area contributed by atoms with Gasteiger partial charge in [0, 0.05) is 25.2 Å². The first-order valence-electron chi connectivity index (χ1n) is 7.25. The quantitative estimate of drug-likeness (QED) is 0.855. The molecule has 0 saturated carbocycles. The number of nitrogens with one attached hydrogen (secondary N) is 1. The Labute approximate surface area is 127 Å². The van der Waals surface area contributed by atoms with Crippen molar-refractivity contribution in [1.82, 2.24) is 24.5 Å². The fraction of sp³-hybridized carbons (Fsp3) is 0.615. The highest BCUT2D eigenvalue weighted by molar-refractivity contribution is 6.29. The number of aromatic nitrogens is 4. The average molecular weight is 309 g/mol. The number of morpholine rings is 1. The number of fused-ring (bicyclic) bond motifs is 2. The van der Waals surface area contributed by atoms with Crippen LogP contribution in [-0.4, -0.2) is 62.9 Å². The van der Waals surface area contributed by atoms with Gasteiger partial charge in [0.05, 0.1) is 12.7 Å². The van der Waals surface area contributed by atoms with E-state index in [1.165, 1.54) is 25.7 Å². The van der Waals surface area contributed by atoms with E-state index in [-0.39, 0.29) is 6.10 Å². The molecule has 2 unspecified atom stereocenters. The predicted molar refractivity (Wildman–Crippen MR) is 78.6 cm³/mol. The molecule has 2 fully saturated rings. The Morgan fingerprint density at radius 2 is 2.43 bits per heavy atom. The first kappa shape index (κ1) is 13.2. The predicted octanol–water partition coefficient (Wildman–Crippen LogP) is 1.05. The van der Waals surface area contributed by atoms with Gasteiger partial charge in [-0.2, -0.15) is 19.6 Å². The largest absolute Gasteiger partial charge is 0.373 e. The van der Waals surface area contributed by atoms with E-state index in [9.17, 15) is 0 Å². The van der Waals surface area contributed by atoms with Crippen LogP contribution >= 0.6 is 11.6 Å². The van der Waals surface area contributed by atoms with E-state index in [1.54, 1.807) is 10.6 Å². The van der Waals surface area contributed by atoms with E-state index in [1.807, 2.05) is 0 Å². The second kappa shape index (κ2) is 5.40. The van der Waals surface area contributed by atoms with Gasteiger partial charge in [-0.15, -0.1) is 0 Å². The van der Waals surface area contributed by atoms with Crippen LogP contribution in [0.15, 0.2) is 12.4 Å².